The molecular formula is C16H24N2O4S. The second-order valence-corrected chi connectivity index (χ2v) is 6.94. The van der Waals surface area contributed by atoms with Gasteiger partial charge in [-0.25, -0.2) is 4.79 Å². The number of thiophene rings is 1. The van der Waals surface area contributed by atoms with Gasteiger partial charge in [0.1, 0.15) is 5.00 Å². The number of carbonyl (C=O) groups excluding carboxylic acids is 2. The number of hydrogen-bond acceptors (Lipinski definition) is 6. The van der Waals surface area contributed by atoms with Crippen molar-refractivity contribution < 1.29 is 19.1 Å². The molecule has 1 aliphatic heterocycles. The first-order valence-electron chi connectivity index (χ1n) is 7.81. The van der Waals surface area contributed by atoms with Gasteiger partial charge in [-0.1, -0.05) is 6.92 Å². The van der Waals surface area contributed by atoms with Crippen LogP contribution in [0.2, 0.25) is 0 Å². The van der Waals surface area contributed by atoms with Crippen LogP contribution in [-0.2, 0) is 20.7 Å². The number of nitrogens with one attached hydrogen (secondary N) is 1. The lowest BCUT2D eigenvalue weighted by atomic mass is 10.2. The van der Waals surface area contributed by atoms with E-state index in [0.717, 1.165) is 24.4 Å². The van der Waals surface area contributed by atoms with Crippen molar-refractivity contribution in [2.75, 3.05) is 32.1 Å². The van der Waals surface area contributed by atoms with Crippen LogP contribution >= 0.6 is 11.3 Å². The maximum atomic E-state index is 12.3. The van der Waals surface area contributed by atoms with E-state index in [2.05, 4.69) is 10.2 Å². The highest BCUT2D eigenvalue weighted by atomic mass is 32.1. The van der Waals surface area contributed by atoms with Crippen molar-refractivity contribution in [2.24, 2.45) is 0 Å². The Labute approximate surface area is 140 Å². The Morgan fingerprint density at radius 2 is 2.04 bits per heavy atom. The number of amides is 1. The van der Waals surface area contributed by atoms with Crippen LogP contribution < -0.4 is 5.32 Å². The average molecular weight is 340 g/mol. The molecule has 0 aliphatic carbocycles. The zero-order chi connectivity index (χ0) is 17.0. The second-order valence-electron chi connectivity index (χ2n) is 5.80. The maximum absolute atomic E-state index is 12.3. The topological polar surface area (TPSA) is 67.9 Å². The molecule has 2 rings (SSSR count). The first kappa shape index (κ1) is 17.9. The van der Waals surface area contributed by atoms with E-state index < -0.39 is 5.97 Å². The summed E-state index contributed by atoms with van der Waals surface area (Å²) in [6.07, 6.45) is 1.04. The van der Waals surface area contributed by atoms with Crippen molar-refractivity contribution in [3.05, 3.63) is 16.5 Å². The molecule has 1 aliphatic rings. The summed E-state index contributed by atoms with van der Waals surface area (Å²) < 4.78 is 10.5. The molecule has 1 N–H and O–H groups in total. The summed E-state index contributed by atoms with van der Waals surface area (Å²) in [6.45, 7) is 7.76. The van der Waals surface area contributed by atoms with Gasteiger partial charge in [-0.15, -0.1) is 11.3 Å². The molecule has 128 valence electrons. The minimum Gasteiger partial charge on any atom is -0.465 e. The highest BCUT2D eigenvalue weighted by Gasteiger charge is 2.25. The van der Waals surface area contributed by atoms with Crippen molar-refractivity contribution in [2.45, 2.75) is 39.4 Å². The third-order valence-corrected chi connectivity index (χ3v) is 4.85. The lowest BCUT2D eigenvalue weighted by Crippen LogP contribution is -2.48. The molecule has 0 spiro atoms. The number of anilines is 1. The van der Waals surface area contributed by atoms with Crippen molar-refractivity contribution in [3.8, 4) is 0 Å². The molecule has 1 amide bonds. The number of methoxy groups -OCH3 is 1. The van der Waals surface area contributed by atoms with Gasteiger partial charge in [0.15, 0.2) is 0 Å². The number of carbonyl (C=O) groups is 2. The van der Waals surface area contributed by atoms with Gasteiger partial charge in [0.2, 0.25) is 5.91 Å². The van der Waals surface area contributed by atoms with Gasteiger partial charge in [-0.2, -0.15) is 0 Å². The first-order chi connectivity index (χ1) is 10.9. The third-order valence-electron chi connectivity index (χ3n) is 3.65. The van der Waals surface area contributed by atoms with Gasteiger partial charge in [0, 0.05) is 18.0 Å². The van der Waals surface area contributed by atoms with Crippen molar-refractivity contribution in [3.63, 3.8) is 0 Å². The fourth-order valence-corrected chi connectivity index (χ4v) is 3.75. The van der Waals surface area contributed by atoms with E-state index in [0.29, 0.717) is 10.6 Å². The summed E-state index contributed by atoms with van der Waals surface area (Å²) in [4.78, 5) is 27.2. The Bertz CT molecular complexity index is 562. The molecule has 7 heteroatoms. The second kappa shape index (κ2) is 7.90. The van der Waals surface area contributed by atoms with Gasteiger partial charge >= 0.3 is 5.97 Å². The Morgan fingerprint density at radius 1 is 1.39 bits per heavy atom. The smallest absolute Gasteiger partial charge is 0.340 e. The molecule has 0 saturated carbocycles. The normalized spacial score (nSPS) is 21.9. The van der Waals surface area contributed by atoms with E-state index >= 15 is 0 Å². The maximum Gasteiger partial charge on any atom is 0.340 e. The van der Waals surface area contributed by atoms with E-state index in [1.165, 1.54) is 18.4 Å². The van der Waals surface area contributed by atoms with Crippen molar-refractivity contribution in [1.29, 1.82) is 0 Å². The number of morpholine rings is 1. The summed E-state index contributed by atoms with van der Waals surface area (Å²) >= 11 is 1.42. The molecule has 1 aromatic heterocycles. The molecule has 23 heavy (non-hydrogen) atoms. The molecular weight excluding hydrogens is 316 g/mol. The van der Waals surface area contributed by atoms with Crippen LogP contribution in [0.15, 0.2) is 6.07 Å². The van der Waals surface area contributed by atoms with Crippen molar-refractivity contribution in [1.82, 2.24) is 4.90 Å². The molecule has 2 atom stereocenters. The molecule has 1 aromatic rings. The van der Waals surface area contributed by atoms with Gasteiger partial charge in [-0.05, 0) is 26.3 Å². The monoisotopic (exact) mass is 340 g/mol. The van der Waals surface area contributed by atoms with E-state index in [-0.39, 0.29) is 24.7 Å². The number of nitrogens with zero attached hydrogens (tertiary/aromatic N) is 1. The fraction of sp³-hybridized carbons (Fsp3) is 0.625. The summed E-state index contributed by atoms with van der Waals surface area (Å²) in [5.74, 6) is -0.550. The predicted octanol–water partition coefficient (Wildman–Crippen LogP) is 2.14. The Balaban J connectivity index is 2.02. The lowest BCUT2D eigenvalue weighted by Gasteiger charge is -2.34. The largest absolute Gasteiger partial charge is 0.465 e. The van der Waals surface area contributed by atoms with E-state index in [9.17, 15) is 9.59 Å². The van der Waals surface area contributed by atoms with Gasteiger partial charge in [0.25, 0.3) is 0 Å². The van der Waals surface area contributed by atoms with E-state index in [4.69, 9.17) is 9.47 Å². The Kier molecular flexibility index (Phi) is 6.15. The summed E-state index contributed by atoms with van der Waals surface area (Å²) in [7, 11) is 1.34. The molecule has 1 fully saturated rings. The van der Waals surface area contributed by atoms with Crippen molar-refractivity contribution >= 4 is 28.2 Å². The number of ether oxygens (including phenoxy) is 2. The third kappa shape index (κ3) is 4.76. The van der Waals surface area contributed by atoms with Gasteiger partial charge in [0.05, 0.1) is 31.4 Å². The van der Waals surface area contributed by atoms with Crippen LogP contribution in [0.3, 0.4) is 0 Å². The fourth-order valence-electron chi connectivity index (χ4n) is 2.75. The molecule has 6 nitrogen and oxygen atoms in total. The van der Waals surface area contributed by atoms with Crippen LogP contribution in [-0.4, -0.2) is 55.7 Å². The molecule has 1 saturated heterocycles. The van der Waals surface area contributed by atoms with Crippen LogP contribution in [0, 0.1) is 0 Å². The first-order valence-corrected chi connectivity index (χ1v) is 8.63. The van der Waals surface area contributed by atoms with Gasteiger partial charge < -0.3 is 14.8 Å². The summed E-state index contributed by atoms with van der Waals surface area (Å²) in [5.41, 5.74) is 0.423. The minimum atomic E-state index is -0.426. The molecule has 0 bridgehead atoms. The van der Waals surface area contributed by atoms with Crippen LogP contribution in [0.4, 0.5) is 5.00 Å². The van der Waals surface area contributed by atoms with E-state index in [1.807, 2.05) is 20.8 Å². The molecule has 2 heterocycles. The number of aryl methyl sites for hydroxylation is 1. The van der Waals surface area contributed by atoms with Crippen LogP contribution in [0.5, 0.6) is 0 Å². The van der Waals surface area contributed by atoms with Crippen LogP contribution in [0.25, 0.3) is 0 Å². The Morgan fingerprint density at radius 3 is 2.61 bits per heavy atom. The highest BCUT2D eigenvalue weighted by molar-refractivity contribution is 7.16. The SMILES string of the molecule is CCc1cc(C(=O)OC)c(NC(=O)CN2C[C@@H](C)O[C@@H](C)C2)s1. The van der Waals surface area contributed by atoms with Crippen LogP contribution in [0.1, 0.15) is 36.0 Å². The molecule has 0 aromatic carbocycles. The zero-order valence-corrected chi connectivity index (χ0v) is 14.9. The van der Waals surface area contributed by atoms with Gasteiger partial charge in [-0.3, -0.25) is 9.69 Å². The molecule has 0 unspecified atom stereocenters. The standard InChI is InChI=1S/C16H24N2O4S/c1-5-12-6-13(16(20)21-4)15(23-12)17-14(19)9-18-7-10(2)22-11(3)8-18/h6,10-11H,5,7-9H2,1-4H3,(H,17,19)/t10-,11+. The molecule has 0 radical (unpaired) electrons. The summed E-state index contributed by atoms with van der Waals surface area (Å²) in [6, 6.07) is 1.78. The Hall–Kier alpha value is -1.44. The number of rotatable bonds is 5. The zero-order valence-electron chi connectivity index (χ0n) is 14.0. The summed E-state index contributed by atoms with van der Waals surface area (Å²) in [5, 5.41) is 3.42. The lowest BCUT2D eigenvalue weighted by molar-refractivity contribution is -0.121. The minimum absolute atomic E-state index is 0.116. The number of esters is 1. The van der Waals surface area contributed by atoms with E-state index in [1.54, 1.807) is 6.07 Å². The quantitative estimate of drug-likeness (QED) is 0.832. The highest BCUT2D eigenvalue weighted by Crippen LogP contribution is 2.29. The predicted molar refractivity (Wildman–Crippen MR) is 90.1 cm³/mol. The average Bonchev–Trinajstić information content (AvgIpc) is 2.88. The number of hydrogen-bond donors (Lipinski definition) is 1.